The summed E-state index contributed by atoms with van der Waals surface area (Å²) in [5.41, 5.74) is 2.77. The van der Waals surface area contributed by atoms with Crippen LogP contribution in [0.2, 0.25) is 0 Å². The lowest BCUT2D eigenvalue weighted by atomic mass is 10.1. The largest absolute Gasteiger partial charge is 0.103 e. The first-order valence-electron chi connectivity index (χ1n) is 6.87. The molecule has 0 heterocycles. The fraction of sp³-hybridized carbons (Fsp3) is 0.333. The summed E-state index contributed by atoms with van der Waals surface area (Å²) in [4.78, 5) is 0. The summed E-state index contributed by atoms with van der Waals surface area (Å²) in [7, 11) is 0. The third-order valence-corrected chi connectivity index (χ3v) is 2.32. The summed E-state index contributed by atoms with van der Waals surface area (Å²) in [6.45, 7) is 9.53. The molecule has 0 spiro atoms. The van der Waals surface area contributed by atoms with Crippen LogP contribution < -0.4 is 0 Å². The van der Waals surface area contributed by atoms with Crippen LogP contribution in [0.4, 0.5) is 0 Å². The topological polar surface area (TPSA) is 0 Å². The van der Waals surface area contributed by atoms with Gasteiger partial charge in [-0.1, -0.05) is 101 Å². The Morgan fingerprint density at radius 2 is 1.24 bits per heavy atom. The molecule has 0 fully saturated rings. The predicted molar refractivity (Wildman–Crippen MR) is 101 cm³/mol. The van der Waals surface area contributed by atoms with Gasteiger partial charge in [-0.25, -0.2) is 0 Å². The first-order valence-corrected chi connectivity index (χ1v) is 6.87. The van der Waals surface area contributed by atoms with Crippen molar-refractivity contribution in [2.24, 2.45) is 0 Å². The summed E-state index contributed by atoms with van der Waals surface area (Å²) in [5.74, 6) is 0. The Hall–Kier alpha value is -1.82. The van der Waals surface area contributed by atoms with Gasteiger partial charge < -0.3 is 0 Å². The summed E-state index contributed by atoms with van der Waals surface area (Å²) >= 11 is 0. The van der Waals surface area contributed by atoms with E-state index in [9.17, 15) is 0 Å². The second kappa shape index (κ2) is 18.2. The highest BCUT2D eigenvalue weighted by atomic mass is 13.9. The highest BCUT2D eigenvalue weighted by molar-refractivity contribution is 5.14. The van der Waals surface area contributed by atoms with Crippen molar-refractivity contribution in [1.29, 1.82) is 0 Å². The third kappa shape index (κ3) is 16.1. The van der Waals surface area contributed by atoms with Gasteiger partial charge in [0, 0.05) is 0 Å². The standard InChI is InChI=1S/C9H12.C7H8.C3H6.2CH4/c1-2-6-9-7-4-3-5-8-9;1-7-5-3-2-4-6-7;1-3-2;;/h3-5,7-8H,2,6H2,1H3;2-6H,1H3;3H,1H2,2H3;2*1H4. The molecule has 0 aliphatic rings. The number of hydrogen-bond acceptors (Lipinski definition) is 0. The average molecular weight is 287 g/mol. The molecule has 2 aromatic carbocycles. The third-order valence-electron chi connectivity index (χ3n) is 2.32. The van der Waals surface area contributed by atoms with E-state index in [0.717, 1.165) is 0 Å². The lowest BCUT2D eigenvalue weighted by molar-refractivity contribution is 0.922. The normalized spacial score (nSPS) is 7.57. The van der Waals surface area contributed by atoms with Crippen molar-refractivity contribution in [1.82, 2.24) is 0 Å². The number of benzene rings is 2. The van der Waals surface area contributed by atoms with Gasteiger partial charge in [0.25, 0.3) is 0 Å². The van der Waals surface area contributed by atoms with E-state index in [-0.39, 0.29) is 14.9 Å². The van der Waals surface area contributed by atoms with Crippen molar-refractivity contribution in [2.45, 2.75) is 48.5 Å². The van der Waals surface area contributed by atoms with Crippen LogP contribution in [0.3, 0.4) is 0 Å². The van der Waals surface area contributed by atoms with Gasteiger partial charge in [-0.2, -0.15) is 0 Å². The number of allylic oxidation sites excluding steroid dienone is 1. The molecule has 0 nitrogen and oxygen atoms in total. The number of hydrogen-bond donors (Lipinski definition) is 0. The maximum absolute atomic E-state index is 3.36. The van der Waals surface area contributed by atoms with Gasteiger partial charge in [0.1, 0.15) is 0 Å². The Morgan fingerprint density at radius 3 is 1.52 bits per heavy atom. The van der Waals surface area contributed by atoms with Gasteiger partial charge >= 0.3 is 0 Å². The van der Waals surface area contributed by atoms with Crippen LogP contribution in [-0.4, -0.2) is 0 Å². The fourth-order valence-corrected chi connectivity index (χ4v) is 1.47. The minimum absolute atomic E-state index is 0. The molecule has 0 N–H and O–H groups in total. The van der Waals surface area contributed by atoms with E-state index >= 15 is 0 Å². The SMILES string of the molecule is C.C.C=CC.CCCc1ccccc1.Cc1ccccc1. The van der Waals surface area contributed by atoms with Crippen molar-refractivity contribution >= 4 is 0 Å². The van der Waals surface area contributed by atoms with E-state index in [1.54, 1.807) is 6.08 Å². The smallest absolute Gasteiger partial charge is 0.0281 e. The zero-order valence-electron chi connectivity index (χ0n) is 12.5. The van der Waals surface area contributed by atoms with E-state index in [1.165, 1.54) is 24.0 Å². The molecule has 0 aromatic heterocycles. The molecule has 0 radical (unpaired) electrons. The van der Waals surface area contributed by atoms with Crippen LogP contribution in [0.5, 0.6) is 0 Å². The number of aryl methyl sites for hydroxylation is 2. The van der Waals surface area contributed by atoms with Crippen LogP contribution in [0.25, 0.3) is 0 Å². The van der Waals surface area contributed by atoms with E-state index in [4.69, 9.17) is 0 Å². The highest BCUT2D eigenvalue weighted by Gasteiger charge is 1.84. The van der Waals surface area contributed by atoms with Crippen molar-refractivity contribution in [3.8, 4) is 0 Å². The second-order valence-corrected chi connectivity index (χ2v) is 4.30. The summed E-state index contributed by atoms with van der Waals surface area (Å²) in [6, 6.07) is 20.8. The van der Waals surface area contributed by atoms with E-state index in [0.29, 0.717) is 0 Å². The highest BCUT2D eigenvalue weighted by Crippen LogP contribution is 2.00. The minimum atomic E-state index is 0. The molecule has 2 aromatic rings. The molecule has 0 saturated carbocycles. The molecule has 0 unspecified atom stereocenters. The van der Waals surface area contributed by atoms with Gasteiger partial charge in [-0.3, -0.25) is 0 Å². The molecule has 0 bridgehead atoms. The molecule has 0 aliphatic carbocycles. The molecular weight excluding hydrogens is 252 g/mol. The summed E-state index contributed by atoms with van der Waals surface area (Å²) < 4.78 is 0. The first kappa shape index (κ1) is 24.2. The molecular formula is C21H34. The van der Waals surface area contributed by atoms with Gasteiger partial charge in [-0.15, -0.1) is 6.58 Å². The maximum atomic E-state index is 3.36. The van der Waals surface area contributed by atoms with Crippen LogP contribution in [0, 0.1) is 6.92 Å². The van der Waals surface area contributed by atoms with Crippen LogP contribution in [-0.2, 0) is 6.42 Å². The Labute approximate surface area is 133 Å². The number of rotatable bonds is 2. The fourth-order valence-electron chi connectivity index (χ4n) is 1.47. The molecule has 21 heavy (non-hydrogen) atoms. The Balaban J connectivity index is -0.000000245. The summed E-state index contributed by atoms with van der Waals surface area (Å²) in [5, 5.41) is 0. The van der Waals surface area contributed by atoms with Crippen LogP contribution in [0.1, 0.15) is 46.2 Å². The zero-order valence-corrected chi connectivity index (χ0v) is 12.5. The van der Waals surface area contributed by atoms with Crippen molar-refractivity contribution in [3.05, 3.63) is 84.4 Å². The lowest BCUT2D eigenvalue weighted by Gasteiger charge is -1.93. The molecule has 0 heteroatoms. The minimum Gasteiger partial charge on any atom is -0.103 e. The Kier molecular flexibility index (Phi) is 21.0. The quantitative estimate of drug-likeness (QED) is 0.516. The zero-order chi connectivity index (χ0) is 14.3. The molecule has 0 aliphatic heterocycles. The maximum Gasteiger partial charge on any atom is -0.0281 e. The Morgan fingerprint density at radius 1 is 0.857 bits per heavy atom. The first-order chi connectivity index (χ1) is 9.24. The lowest BCUT2D eigenvalue weighted by Crippen LogP contribution is -1.78. The summed E-state index contributed by atoms with van der Waals surface area (Å²) in [6.07, 6.45) is 4.20. The monoisotopic (exact) mass is 286 g/mol. The van der Waals surface area contributed by atoms with Gasteiger partial charge in [0.2, 0.25) is 0 Å². The predicted octanol–water partition coefficient (Wildman–Crippen LogP) is 7.10. The van der Waals surface area contributed by atoms with Crippen molar-refractivity contribution < 1.29 is 0 Å². The van der Waals surface area contributed by atoms with Crippen LogP contribution in [0.15, 0.2) is 73.3 Å². The molecule has 0 saturated heterocycles. The molecule has 2 rings (SSSR count). The van der Waals surface area contributed by atoms with Crippen molar-refractivity contribution in [3.63, 3.8) is 0 Å². The molecule has 0 atom stereocenters. The van der Waals surface area contributed by atoms with E-state index < -0.39 is 0 Å². The Bertz CT molecular complexity index is 401. The van der Waals surface area contributed by atoms with Gasteiger partial charge in [0.05, 0.1) is 0 Å². The van der Waals surface area contributed by atoms with Crippen LogP contribution >= 0.6 is 0 Å². The average Bonchev–Trinajstić information content (AvgIpc) is 2.43. The van der Waals surface area contributed by atoms with E-state index in [1.807, 2.05) is 25.1 Å². The van der Waals surface area contributed by atoms with Crippen molar-refractivity contribution in [2.75, 3.05) is 0 Å². The molecule has 118 valence electrons. The second-order valence-electron chi connectivity index (χ2n) is 4.30. The molecule has 0 amide bonds. The van der Waals surface area contributed by atoms with Gasteiger partial charge in [-0.05, 0) is 25.8 Å². The van der Waals surface area contributed by atoms with Gasteiger partial charge in [0.15, 0.2) is 0 Å². The van der Waals surface area contributed by atoms with E-state index in [2.05, 4.69) is 62.9 Å².